The molecule has 0 aliphatic heterocycles. The maximum Gasteiger partial charge on any atom is 0.105 e. The molecule has 3 rings (SSSR count). The third kappa shape index (κ3) is 14.1. The first-order valence-electron chi connectivity index (χ1n) is 8.23. The van der Waals surface area contributed by atoms with Crippen LogP contribution in [0, 0.1) is 6.42 Å². The molecule has 0 saturated heterocycles. The van der Waals surface area contributed by atoms with Crippen LogP contribution in [-0.2, 0) is 14.3 Å². The summed E-state index contributed by atoms with van der Waals surface area (Å²) >= 11 is 0. The number of hydrogen-bond acceptors (Lipinski definition) is 7. The Balaban J connectivity index is 0. The molecule has 0 N–H and O–H groups in total. The van der Waals surface area contributed by atoms with Crippen LogP contribution in [0.25, 0.3) is 10.8 Å². The van der Waals surface area contributed by atoms with Crippen molar-refractivity contribution < 1.29 is 34.4 Å². The van der Waals surface area contributed by atoms with Gasteiger partial charge in [0.05, 0.1) is 19.5 Å². The molecule has 7 nitrogen and oxygen atoms in total. The molecule has 0 heterocycles. The SMILES string of the molecule is CC(=O)[O-].CC(=O)[O-].COC1=CC=C=C[CH]1.O=C([O-])c1cccc2ccccc12.[Pb]. The summed E-state index contributed by atoms with van der Waals surface area (Å²) in [7, 11) is 1.65. The minimum atomic E-state index is -1.13. The summed E-state index contributed by atoms with van der Waals surface area (Å²) in [5.41, 5.74) is 3.14. The van der Waals surface area contributed by atoms with Crippen LogP contribution in [-0.4, -0.2) is 52.3 Å². The van der Waals surface area contributed by atoms with Crippen LogP contribution >= 0.6 is 0 Å². The van der Waals surface area contributed by atoms with Crippen LogP contribution in [0.5, 0.6) is 0 Å². The molecule has 2 aromatic rings. The number of rotatable bonds is 2. The predicted octanol–water partition coefficient (Wildman–Crippen LogP) is -0.219. The maximum absolute atomic E-state index is 10.7. The number of carbonyl (C=O) groups excluding carboxylic acids is 3. The zero-order valence-electron chi connectivity index (χ0n) is 16.7. The summed E-state index contributed by atoms with van der Waals surface area (Å²) in [6.07, 6.45) is 7.36. The van der Waals surface area contributed by atoms with Gasteiger partial charge in [0.25, 0.3) is 0 Å². The summed E-state index contributed by atoms with van der Waals surface area (Å²) in [6.45, 7) is 1.94. The monoisotopic (exact) mass is 604 g/mol. The second-order valence-electron chi connectivity index (χ2n) is 5.24. The van der Waals surface area contributed by atoms with Crippen LogP contribution in [0.2, 0.25) is 0 Å². The van der Waals surface area contributed by atoms with Gasteiger partial charge in [0.1, 0.15) is 5.76 Å². The third-order valence-electron chi connectivity index (χ3n) is 2.93. The van der Waals surface area contributed by atoms with Crippen LogP contribution in [0.4, 0.5) is 0 Å². The first-order chi connectivity index (χ1) is 13.7. The van der Waals surface area contributed by atoms with Gasteiger partial charge in [-0.1, -0.05) is 42.5 Å². The fourth-order valence-corrected chi connectivity index (χ4v) is 1.91. The smallest absolute Gasteiger partial charge is 0.105 e. The Labute approximate surface area is 195 Å². The number of aliphatic carboxylic acids is 2. The van der Waals surface area contributed by atoms with Gasteiger partial charge in [0.2, 0.25) is 0 Å². The molecule has 0 amide bonds. The zero-order chi connectivity index (χ0) is 22.2. The molecule has 1 aliphatic carbocycles. The van der Waals surface area contributed by atoms with Gasteiger partial charge in [-0.15, -0.1) is 5.73 Å². The number of aromatic carboxylic acids is 1. The maximum atomic E-state index is 10.7. The molecule has 0 fully saturated rings. The van der Waals surface area contributed by atoms with Gasteiger partial charge in [-0.2, -0.15) is 0 Å². The Hall–Kier alpha value is -2.91. The summed E-state index contributed by atoms with van der Waals surface area (Å²) in [6, 6.07) is 12.5. The van der Waals surface area contributed by atoms with E-state index in [-0.39, 0.29) is 32.9 Å². The fraction of sp³-hybridized carbons (Fsp3) is 0.136. The van der Waals surface area contributed by atoms with Gasteiger partial charge < -0.3 is 34.4 Å². The zero-order valence-corrected chi connectivity index (χ0v) is 20.6. The molecular formula is C22H20O7Pb-3. The number of methoxy groups -OCH3 is 1. The standard InChI is InChI=1S/C11H8O2.C7H7O.2C2H4O2.Pb/c12-11(13)10-7-3-5-8-4-1-2-6-9(8)10;1-8-7-5-3-2-4-6-7;2*1-2(3)4;/h1-7H,(H,12,13);3-6H,1H3;2*1H3,(H,3,4);/p-3. The van der Waals surface area contributed by atoms with Crippen molar-refractivity contribution >= 4 is 56.0 Å². The van der Waals surface area contributed by atoms with Gasteiger partial charge in [-0.25, -0.2) is 0 Å². The van der Waals surface area contributed by atoms with E-state index >= 15 is 0 Å². The van der Waals surface area contributed by atoms with Crippen molar-refractivity contribution in [3.05, 3.63) is 84.2 Å². The molecule has 1 aliphatic rings. The number of carboxylic acids is 3. The van der Waals surface area contributed by atoms with Crippen molar-refractivity contribution in [2.75, 3.05) is 7.11 Å². The number of fused-ring (bicyclic) bond motifs is 1. The molecule has 8 heteroatoms. The van der Waals surface area contributed by atoms with Crippen molar-refractivity contribution in [3.63, 3.8) is 0 Å². The van der Waals surface area contributed by atoms with Crippen molar-refractivity contribution in [2.45, 2.75) is 13.8 Å². The third-order valence-corrected chi connectivity index (χ3v) is 2.93. The van der Waals surface area contributed by atoms with Crippen LogP contribution in [0.3, 0.4) is 0 Å². The van der Waals surface area contributed by atoms with E-state index in [4.69, 9.17) is 24.5 Å². The topological polar surface area (TPSA) is 130 Å². The number of ether oxygens (including phenoxy) is 1. The number of benzene rings is 2. The quantitative estimate of drug-likeness (QED) is 0.343. The average Bonchev–Trinajstić information content (AvgIpc) is 2.67. The molecule has 0 unspecified atom stereocenters. The largest absolute Gasteiger partial charge is 0.550 e. The second kappa shape index (κ2) is 17.0. The number of carboxylic acid groups (broad SMARTS) is 3. The van der Waals surface area contributed by atoms with E-state index in [1.807, 2.05) is 48.9 Å². The van der Waals surface area contributed by atoms with E-state index in [9.17, 15) is 9.90 Å². The van der Waals surface area contributed by atoms with Crippen LogP contribution in [0.15, 0.2) is 72.2 Å². The molecule has 157 valence electrons. The van der Waals surface area contributed by atoms with E-state index < -0.39 is 17.9 Å². The van der Waals surface area contributed by atoms with E-state index in [1.165, 1.54) is 0 Å². The summed E-state index contributed by atoms with van der Waals surface area (Å²) < 4.78 is 4.89. The first kappa shape index (κ1) is 29.3. The van der Waals surface area contributed by atoms with Gasteiger partial charge in [0, 0.05) is 44.8 Å². The van der Waals surface area contributed by atoms with Gasteiger partial charge in [-0.3, -0.25) is 0 Å². The van der Waals surface area contributed by atoms with Crippen molar-refractivity contribution in [1.29, 1.82) is 0 Å². The minimum Gasteiger partial charge on any atom is -0.550 e. The van der Waals surface area contributed by atoms with Crippen molar-refractivity contribution in [2.24, 2.45) is 0 Å². The van der Waals surface area contributed by atoms with E-state index in [0.29, 0.717) is 0 Å². The Morgan fingerprint density at radius 1 is 0.867 bits per heavy atom. The predicted molar refractivity (Wildman–Crippen MR) is 107 cm³/mol. The normalized spacial score (nSPS) is 10.3. The van der Waals surface area contributed by atoms with Gasteiger partial charge in [0.15, 0.2) is 0 Å². The molecule has 0 atom stereocenters. The van der Waals surface area contributed by atoms with Crippen molar-refractivity contribution in [1.82, 2.24) is 0 Å². The fourth-order valence-electron chi connectivity index (χ4n) is 1.91. The summed E-state index contributed by atoms with van der Waals surface area (Å²) in [5.74, 6) is -2.42. The number of carbonyl (C=O) groups is 3. The molecule has 0 saturated carbocycles. The van der Waals surface area contributed by atoms with Crippen molar-refractivity contribution in [3.8, 4) is 0 Å². The molecule has 0 spiro atoms. The summed E-state index contributed by atoms with van der Waals surface area (Å²) in [4.78, 5) is 28.5. The summed E-state index contributed by atoms with van der Waals surface area (Å²) in [5, 5.41) is 30.1. The molecule has 0 bridgehead atoms. The van der Waals surface area contributed by atoms with E-state index in [2.05, 4.69) is 5.73 Å². The molecular weight excluding hydrogens is 583 g/mol. The van der Waals surface area contributed by atoms with Gasteiger partial charge in [-0.05, 0) is 42.8 Å². The molecule has 0 aromatic heterocycles. The van der Waals surface area contributed by atoms with Gasteiger partial charge >= 0.3 is 0 Å². The van der Waals surface area contributed by atoms with Crippen LogP contribution < -0.4 is 15.3 Å². The van der Waals surface area contributed by atoms with Crippen LogP contribution in [0.1, 0.15) is 24.2 Å². The second-order valence-corrected chi connectivity index (χ2v) is 5.24. The Kier molecular flexibility index (Phi) is 16.6. The molecule has 2 aromatic carbocycles. The number of allylic oxidation sites excluding steroid dienone is 2. The Morgan fingerprint density at radius 2 is 1.40 bits per heavy atom. The average molecular weight is 604 g/mol. The Bertz CT molecular complexity index is 901. The molecule has 30 heavy (non-hydrogen) atoms. The number of hydrogen-bond donors (Lipinski definition) is 0. The van der Waals surface area contributed by atoms with E-state index in [0.717, 1.165) is 30.4 Å². The molecule has 5 radical (unpaired) electrons. The first-order valence-corrected chi connectivity index (χ1v) is 8.23. The van der Waals surface area contributed by atoms with E-state index in [1.54, 1.807) is 25.3 Å². The Morgan fingerprint density at radius 3 is 1.83 bits per heavy atom. The minimum absolute atomic E-state index is 0.